The van der Waals surface area contributed by atoms with Crippen molar-refractivity contribution in [2.45, 2.75) is 63.4 Å². The van der Waals surface area contributed by atoms with Crippen LogP contribution in [-0.2, 0) is 0 Å². The van der Waals surface area contributed by atoms with Crippen molar-refractivity contribution in [3.63, 3.8) is 0 Å². The van der Waals surface area contributed by atoms with E-state index < -0.39 is 24.2 Å². The summed E-state index contributed by atoms with van der Waals surface area (Å²) >= 11 is 0. The molecule has 0 aliphatic carbocycles. The van der Waals surface area contributed by atoms with E-state index in [1.54, 1.807) is 0 Å². The molecular formula is C10H28OSi3. The first-order valence-electron chi connectivity index (χ1n) is 5.47. The van der Waals surface area contributed by atoms with E-state index in [9.17, 15) is 5.11 Å². The van der Waals surface area contributed by atoms with Crippen LogP contribution in [0.1, 0.15) is 0 Å². The van der Waals surface area contributed by atoms with Gasteiger partial charge < -0.3 is 5.11 Å². The van der Waals surface area contributed by atoms with E-state index in [0.29, 0.717) is 0 Å². The lowest BCUT2D eigenvalue weighted by Gasteiger charge is -2.55. The first kappa shape index (κ1) is 14.6. The molecule has 0 aromatic heterocycles. The Kier molecular flexibility index (Phi) is 3.73. The van der Waals surface area contributed by atoms with E-state index >= 15 is 0 Å². The van der Waals surface area contributed by atoms with Crippen molar-refractivity contribution in [1.82, 2.24) is 0 Å². The predicted molar refractivity (Wildman–Crippen MR) is 75.0 cm³/mol. The van der Waals surface area contributed by atoms with Crippen molar-refractivity contribution in [2.24, 2.45) is 0 Å². The molecule has 0 atom stereocenters. The zero-order valence-electron chi connectivity index (χ0n) is 11.4. The Hall–Kier alpha value is 0.611. The van der Waals surface area contributed by atoms with Gasteiger partial charge in [0.15, 0.2) is 0 Å². The smallest absolute Gasteiger partial charge is 0.0741 e. The maximum Gasteiger partial charge on any atom is 0.0741 e. The van der Waals surface area contributed by atoms with E-state index in [0.717, 1.165) is 0 Å². The summed E-state index contributed by atoms with van der Waals surface area (Å²) in [6.07, 6.45) is 0. The molecule has 4 heteroatoms. The summed E-state index contributed by atoms with van der Waals surface area (Å²) in [7, 11) is -4.51. The fraction of sp³-hybridized carbons (Fsp3) is 1.00. The van der Waals surface area contributed by atoms with Crippen LogP contribution in [0, 0.1) is 0 Å². The molecule has 0 amide bonds. The third-order valence-corrected chi connectivity index (χ3v) is 23.3. The van der Waals surface area contributed by atoms with Gasteiger partial charge in [-0.2, -0.15) is 0 Å². The van der Waals surface area contributed by atoms with E-state index in [-0.39, 0.29) is 4.47 Å². The van der Waals surface area contributed by atoms with Crippen LogP contribution < -0.4 is 0 Å². The van der Waals surface area contributed by atoms with Gasteiger partial charge >= 0.3 is 0 Å². The van der Waals surface area contributed by atoms with Crippen LogP contribution in [0.15, 0.2) is 0 Å². The monoisotopic (exact) mass is 248 g/mol. The lowest BCUT2D eigenvalue weighted by molar-refractivity contribution is 0.259. The standard InChI is InChI=1S/C10H28OSi3/c1-12(2,3)10(11,13(4,5)6)14(7,8)9/h11H,1-9H3. The molecule has 0 rings (SSSR count). The topological polar surface area (TPSA) is 20.2 Å². The molecule has 0 aromatic carbocycles. The minimum atomic E-state index is -1.50. The van der Waals surface area contributed by atoms with Crippen molar-refractivity contribution in [2.75, 3.05) is 0 Å². The summed E-state index contributed by atoms with van der Waals surface area (Å²) in [5.41, 5.74) is 0. The minimum absolute atomic E-state index is 0.271. The molecule has 0 spiro atoms. The second-order valence-corrected chi connectivity index (χ2v) is 24.6. The van der Waals surface area contributed by atoms with Crippen LogP contribution in [0.4, 0.5) is 0 Å². The number of hydrogen-bond acceptors (Lipinski definition) is 1. The zero-order chi connectivity index (χ0) is 12.0. The average Bonchev–Trinajstić information content (AvgIpc) is 1.77. The second kappa shape index (κ2) is 3.57. The third-order valence-electron chi connectivity index (χ3n) is 3.26. The van der Waals surface area contributed by atoms with Gasteiger partial charge in [0, 0.05) is 4.47 Å². The number of hydrogen-bond donors (Lipinski definition) is 1. The molecule has 1 N–H and O–H groups in total. The van der Waals surface area contributed by atoms with E-state index in [2.05, 4.69) is 58.9 Å². The SMILES string of the molecule is C[Si](C)(C)C(O)([Si](C)(C)C)[Si](C)(C)C. The van der Waals surface area contributed by atoms with Crippen molar-refractivity contribution in [1.29, 1.82) is 0 Å². The second-order valence-electron chi connectivity index (χ2n) is 7.46. The van der Waals surface area contributed by atoms with Crippen molar-refractivity contribution >= 4 is 24.2 Å². The Labute approximate surface area is 93.0 Å². The highest BCUT2D eigenvalue weighted by Crippen LogP contribution is 2.38. The molecular weight excluding hydrogens is 220 g/mol. The summed E-state index contributed by atoms with van der Waals surface area (Å²) in [4.78, 5) is 0. The Morgan fingerprint density at radius 2 is 0.714 bits per heavy atom. The maximum absolute atomic E-state index is 11.2. The van der Waals surface area contributed by atoms with Gasteiger partial charge in [0.2, 0.25) is 0 Å². The van der Waals surface area contributed by atoms with Crippen LogP contribution in [0.5, 0.6) is 0 Å². The van der Waals surface area contributed by atoms with Gasteiger partial charge in [-0.1, -0.05) is 58.9 Å². The fourth-order valence-electron chi connectivity index (χ4n) is 3.38. The van der Waals surface area contributed by atoms with E-state index in [1.807, 2.05) is 0 Å². The van der Waals surface area contributed by atoms with Crippen LogP contribution in [0.3, 0.4) is 0 Å². The molecule has 0 saturated carbocycles. The molecule has 0 fully saturated rings. The van der Waals surface area contributed by atoms with Gasteiger partial charge in [0.1, 0.15) is 0 Å². The molecule has 0 saturated heterocycles. The fourth-order valence-corrected chi connectivity index (χ4v) is 30.4. The number of aliphatic hydroxyl groups is 1. The van der Waals surface area contributed by atoms with Crippen molar-refractivity contribution < 1.29 is 5.11 Å². The highest BCUT2D eigenvalue weighted by atomic mass is 28.5. The van der Waals surface area contributed by atoms with Crippen LogP contribution in [-0.4, -0.2) is 33.8 Å². The minimum Gasteiger partial charge on any atom is -0.400 e. The lowest BCUT2D eigenvalue weighted by atomic mass is 11.5. The van der Waals surface area contributed by atoms with Gasteiger partial charge in [-0.3, -0.25) is 0 Å². The molecule has 0 aliphatic rings. The summed E-state index contributed by atoms with van der Waals surface area (Å²) in [5.74, 6) is 0. The zero-order valence-corrected chi connectivity index (χ0v) is 14.4. The predicted octanol–water partition coefficient (Wildman–Crippen LogP) is 3.35. The molecule has 86 valence electrons. The number of rotatable bonds is 3. The van der Waals surface area contributed by atoms with E-state index in [1.165, 1.54) is 0 Å². The Morgan fingerprint density at radius 1 is 0.571 bits per heavy atom. The summed E-state index contributed by atoms with van der Waals surface area (Å²) in [6, 6.07) is 0. The van der Waals surface area contributed by atoms with Gasteiger partial charge in [-0.25, -0.2) is 0 Å². The Morgan fingerprint density at radius 3 is 0.714 bits per heavy atom. The summed E-state index contributed by atoms with van der Waals surface area (Å²) in [5, 5.41) is 11.2. The first-order valence-corrected chi connectivity index (χ1v) is 16.0. The highest BCUT2D eigenvalue weighted by Gasteiger charge is 2.58. The van der Waals surface area contributed by atoms with Gasteiger partial charge in [0.05, 0.1) is 24.2 Å². The highest BCUT2D eigenvalue weighted by molar-refractivity contribution is 7.14. The molecule has 0 aromatic rings. The molecule has 0 aliphatic heterocycles. The maximum atomic E-state index is 11.2. The van der Waals surface area contributed by atoms with Gasteiger partial charge in [-0.15, -0.1) is 0 Å². The average molecular weight is 249 g/mol. The first-order chi connectivity index (χ1) is 5.75. The molecule has 1 nitrogen and oxygen atoms in total. The molecule has 14 heavy (non-hydrogen) atoms. The molecule has 0 radical (unpaired) electrons. The molecule has 0 unspecified atom stereocenters. The lowest BCUT2D eigenvalue weighted by Crippen LogP contribution is -2.77. The van der Waals surface area contributed by atoms with Crippen molar-refractivity contribution in [3.8, 4) is 0 Å². The van der Waals surface area contributed by atoms with Crippen LogP contribution >= 0.6 is 0 Å². The van der Waals surface area contributed by atoms with Gasteiger partial charge in [-0.05, 0) is 0 Å². The Bertz CT molecular complexity index is 169. The largest absolute Gasteiger partial charge is 0.400 e. The summed E-state index contributed by atoms with van der Waals surface area (Å²) in [6.45, 7) is 20.9. The van der Waals surface area contributed by atoms with E-state index in [4.69, 9.17) is 0 Å². The van der Waals surface area contributed by atoms with Crippen LogP contribution in [0.25, 0.3) is 0 Å². The third kappa shape index (κ3) is 2.23. The normalized spacial score (nSPS) is 15.9. The summed E-state index contributed by atoms with van der Waals surface area (Å²) < 4.78 is -0.271. The molecule has 0 bridgehead atoms. The quantitative estimate of drug-likeness (QED) is 0.760. The Balaban J connectivity index is 5.54. The van der Waals surface area contributed by atoms with Crippen molar-refractivity contribution in [3.05, 3.63) is 0 Å². The molecule has 0 heterocycles. The van der Waals surface area contributed by atoms with Crippen LogP contribution in [0.2, 0.25) is 58.9 Å². The van der Waals surface area contributed by atoms with Gasteiger partial charge in [0.25, 0.3) is 0 Å².